The zero-order chi connectivity index (χ0) is 12.6. The molecule has 1 atom stereocenters. The van der Waals surface area contributed by atoms with Crippen LogP contribution in [0.5, 0.6) is 5.75 Å². The number of hydrogen-bond acceptors (Lipinski definition) is 3. The number of fused-ring (bicyclic) bond motifs is 1. The third-order valence-electron chi connectivity index (χ3n) is 3.09. The maximum absolute atomic E-state index is 11.2. The molecule has 1 heterocycles. The van der Waals surface area contributed by atoms with Crippen LogP contribution in [-0.4, -0.2) is 16.9 Å². The highest BCUT2D eigenvalue weighted by atomic mass is 16.5. The van der Waals surface area contributed by atoms with Gasteiger partial charge in [0.05, 0.1) is 0 Å². The summed E-state index contributed by atoms with van der Waals surface area (Å²) in [6, 6.07) is 5.31. The van der Waals surface area contributed by atoms with Crippen molar-refractivity contribution in [2.75, 3.05) is 0 Å². The van der Waals surface area contributed by atoms with Gasteiger partial charge in [-0.05, 0) is 13.3 Å². The summed E-state index contributed by atoms with van der Waals surface area (Å²) in [6.07, 6.45) is 0.654. The molecule has 1 aromatic carbocycles. The molecular weight excluding hydrogens is 220 g/mol. The van der Waals surface area contributed by atoms with Crippen molar-refractivity contribution in [3.63, 3.8) is 0 Å². The highest BCUT2D eigenvalue weighted by Crippen LogP contribution is 2.48. The molecule has 0 fully saturated rings. The maximum atomic E-state index is 11.2. The number of benzene rings is 1. The Morgan fingerprint density at radius 3 is 2.65 bits per heavy atom. The SMILES string of the molecule is CCC1(C(=O)O)Oc2c(CC(C)=O)cccc21. The summed E-state index contributed by atoms with van der Waals surface area (Å²) in [5, 5.41) is 9.21. The molecule has 17 heavy (non-hydrogen) atoms. The largest absolute Gasteiger partial charge is 0.478 e. The Bertz CT molecular complexity index is 492. The third kappa shape index (κ3) is 1.60. The summed E-state index contributed by atoms with van der Waals surface area (Å²) in [5.41, 5.74) is 0.217. The predicted molar refractivity (Wildman–Crippen MR) is 61.1 cm³/mol. The van der Waals surface area contributed by atoms with Crippen molar-refractivity contribution in [3.8, 4) is 5.75 Å². The summed E-state index contributed by atoms with van der Waals surface area (Å²) >= 11 is 0. The van der Waals surface area contributed by atoms with E-state index in [1.54, 1.807) is 25.1 Å². The van der Waals surface area contributed by atoms with Crippen LogP contribution in [0, 0.1) is 0 Å². The van der Waals surface area contributed by atoms with Gasteiger partial charge in [-0.3, -0.25) is 4.79 Å². The van der Waals surface area contributed by atoms with Crippen molar-refractivity contribution >= 4 is 11.8 Å². The Hall–Kier alpha value is -1.84. The first kappa shape index (κ1) is 11.6. The second-order valence-corrected chi connectivity index (χ2v) is 4.26. The number of ketones is 1. The van der Waals surface area contributed by atoms with Crippen molar-refractivity contribution in [2.24, 2.45) is 0 Å². The van der Waals surface area contributed by atoms with Crippen LogP contribution in [0.3, 0.4) is 0 Å². The number of carbonyl (C=O) groups is 2. The molecule has 0 saturated carbocycles. The molecule has 2 rings (SSSR count). The first-order valence-electron chi connectivity index (χ1n) is 5.55. The van der Waals surface area contributed by atoms with Gasteiger partial charge in [-0.25, -0.2) is 4.79 Å². The molecule has 0 aliphatic carbocycles. The molecular formula is C13H14O4. The Kier molecular flexibility index (Phi) is 2.65. The number of rotatable bonds is 4. The second-order valence-electron chi connectivity index (χ2n) is 4.26. The standard InChI is InChI=1S/C13H14O4/c1-3-13(12(15)16)10-6-4-5-9(7-8(2)14)11(10)17-13/h4-6H,3,7H2,1-2H3,(H,15,16). The van der Waals surface area contributed by atoms with E-state index in [1.165, 1.54) is 6.92 Å². The van der Waals surface area contributed by atoms with Crippen molar-refractivity contribution in [2.45, 2.75) is 32.3 Å². The van der Waals surface area contributed by atoms with E-state index in [-0.39, 0.29) is 12.2 Å². The van der Waals surface area contributed by atoms with Gasteiger partial charge in [-0.15, -0.1) is 0 Å². The average molecular weight is 234 g/mol. The van der Waals surface area contributed by atoms with Gasteiger partial charge in [0.2, 0.25) is 5.60 Å². The topological polar surface area (TPSA) is 63.6 Å². The predicted octanol–water partition coefficient (Wildman–Crippen LogP) is 1.90. The first-order valence-corrected chi connectivity index (χ1v) is 5.55. The van der Waals surface area contributed by atoms with E-state index >= 15 is 0 Å². The summed E-state index contributed by atoms with van der Waals surface area (Å²) in [7, 11) is 0. The second kappa shape index (κ2) is 3.87. The molecule has 0 radical (unpaired) electrons. The Morgan fingerprint density at radius 2 is 2.12 bits per heavy atom. The maximum Gasteiger partial charge on any atom is 0.352 e. The van der Waals surface area contributed by atoms with E-state index in [4.69, 9.17) is 4.74 Å². The van der Waals surface area contributed by atoms with Crippen molar-refractivity contribution in [1.29, 1.82) is 0 Å². The number of ether oxygens (including phenoxy) is 1. The summed E-state index contributed by atoms with van der Waals surface area (Å²) in [4.78, 5) is 22.3. The van der Waals surface area contributed by atoms with Crippen molar-refractivity contribution in [3.05, 3.63) is 29.3 Å². The fraction of sp³-hybridized carbons (Fsp3) is 0.385. The minimum atomic E-state index is -1.22. The van der Waals surface area contributed by atoms with E-state index in [1.807, 2.05) is 0 Å². The monoisotopic (exact) mass is 234 g/mol. The molecule has 1 aromatic rings. The molecule has 1 N–H and O–H groups in total. The van der Waals surface area contributed by atoms with Gasteiger partial charge in [0.1, 0.15) is 11.5 Å². The van der Waals surface area contributed by atoms with Crippen LogP contribution in [0.4, 0.5) is 0 Å². The normalized spacial score (nSPS) is 21.1. The lowest BCUT2D eigenvalue weighted by Gasteiger charge is -2.41. The van der Waals surface area contributed by atoms with Gasteiger partial charge < -0.3 is 9.84 Å². The third-order valence-corrected chi connectivity index (χ3v) is 3.09. The lowest BCUT2D eigenvalue weighted by atomic mass is 9.83. The smallest absolute Gasteiger partial charge is 0.352 e. The summed E-state index contributed by atoms with van der Waals surface area (Å²) in [6.45, 7) is 3.27. The summed E-state index contributed by atoms with van der Waals surface area (Å²) < 4.78 is 5.46. The fourth-order valence-electron chi connectivity index (χ4n) is 2.19. The van der Waals surface area contributed by atoms with Gasteiger partial charge in [-0.2, -0.15) is 0 Å². The number of hydrogen-bond donors (Lipinski definition) is 1. The zero-order valence-electron chi connectivity index (χ0n) is 9.82. The number of aliphatic carboxylic acids is 1. The van der Waals surface area contributed by atoms with Crippen LogP contribution in [-0.2, 0) is 21.6 Å². The fourth-order valence-corrected chi connectivity index (χ4v) is 2.19. The summed E-state index contributed by atoms with van der Waals surface area (Å²) in [5.74, 6) is -0.384. The van der Waals surface area contributed by atoms with Crippen LogP contribution < -0.4 is 4.74 Å². The lowest BCUT2D eigenvalue weighted by molar-refractivity contribution is -0.162. The molecule has 1 unspecified atom stereocenters. The van der Waals surface area contributed by atoms with Crippen LogP contribution >= 0.6 is 0 Å². The molecule has 1 aliphatic heterocycles. The van der Waals surface area contributed by atoms with E-state index in [0.29, 0.717) is 17.7 Å². The molecule has 90 valence electrons. The lowest BCUT2D eigenvalue weighted by Crippen LogP contribution is -2.48. The van der Waals surface area contributed by atoms with E-state index in [9.17, 15) is 14.7 Å². The van der Waals surface area contributed by atoms with Crippen LogP contribution in [0.2, 0.25) is 0 Å². The number of carboxylic acid groups (broad SMARTS) is 1. The van der Waals surface area contributed by atoms with E-state index < -0.39 is 11.6 Å². The zero-order valence-corrected chi connectivity index (χ0v) is 9.82. The highest BCUT2D eigenvalue weighted by molar-refractivity contribution is 5.86. The van der Waals surface area contributed by atoms with E-state index in [0.717, 1.165) is 5.56 Å². The number of Topliss-reactive ketones (excluding diaryl/α,β-unsaturated/α-hetero) is 1. The first-order chi connectivity index (χ1) is 8.01. The number of carboxylic acids is 1. The molecule has 4 heteroatoms. The van der Waals surface area contributed by atoms with Crippen molar-refractivity contribution in [1.82, 2.24) is 0 Å². The van der Waals surface area contributed by atoms with Crippen LogP contribution in [0.15, 0.2) is 18.2 Å². The van der Waals surface area contributed by atoms with Gasteiger partial charge in [-0.1, -0.05) is 25.1 Å². The Morgan fingerprint density at radius 1 is 1.41 bits per heavy atom. The van der Waals surface area contributed by atoms with Crippen molar-refractivity contribution < 1.29 is 19.4 Å². The average Bonchev–Trinajstić information content (AvgIpc) is 2.21. The molecule has 0 bridgehead atoms. The highest BCUT2D eigenvalue weighted by Gasteiger charge is 2.51. The van der Waals surface area contributed by atoms with Crippen LogP contribution in [0.1, 0.15) is 31.4 Å². The Balaban J connectivity index is 2.43. The minimum Gasteiger partial charge on any atom is -0.478 e. The van der Waals surface area contributed by atoms with Gasteiger partial charge >= 0.3 is 5.97 Å². The minimum absolute atomic E-state index is 0.0336. The molecule has 0 saturated heterocycles. The number of carbonyl (C=O) groups excluding carboxylic acids is 1. The molecule has 0 aromatic heterocycles. The van der Waals surface area contributed by atoms with Gasteiger partial charge in [0, 0.05) is 17.5 Å². The molecule has 0 amide bonds. The van der Waals surface area contributed by atoms with E-state index in [2.05, 4.69) is 0 Å². The molecule has 4 nitrogen and oxygen atoms in total. The number of para-hydroxylation sites is 1. The van der Waals surface area contributed by atoms with Crippen LogP contribution in [0.25, 0.3) is 0 Å². The Labute approximate surface area is 99.2 Å². The quantitative estimate of drug-likeness (QED) is 0.864. The van der Waals surface area contributed by atoms with Gasteiger partial charge in [0.25, 0.3) is 0 Å². The van der Waals surface area contributed by atoms with Gasteiger partial charge in [0.15, 0.2) is 0 Å². The molecule has 0 spiro atoms. The molecule has 1 aliphatic rings.